The zero-order valence-corrected chi connectivity index (χ0v) is 13.8. The van der Waals surface area contributed by atoms with Gasteiger partial charge in [-0.05, 0) is 30.7 Å². The molecule has 0 amide bonds. The fraction of sp³-hybridized carbons (Fsp3) is 0.312. The van der Waals surface area contributed by atoms with Gasteiger partial charge in [-0.2, -0.15) is 9.98 Å². The van der Waals surface area contributed by atoms with Gasteiger partial charge in [0.2, 0.25) is 0 Å². The summed E-state index contributed by atoms with van der Waals surface area (Å²) in [6.07, 6.45) is 5.02. The maximum Gasteiger partial charge on any atom is 0.414 e. The number of nitrogens with one attached hydrogen (secondary N) is 1. The van der Waals surface area contributed by atoms with Crippen molar-refractivity contribution >= 4 is 40.6 Å². The van der Waals surface area contributed by atoms with Crippen molar-refractivity contribution < 1.29 is 4.92 Å². The topological polar surface area (TPSA) is 92.8 Å². The van der Waals surface area contributed by atoms with Crippen molar-refractivity contribution in [3.8, 4) is 0 Å². The standard InChI is InChI=1S/C16H16ClN5O2/c1-11(16(22(23)24)20-8-9-21-16)4-6-18-14-5-7-19-15-10-12(17)2-3-13(14)15/h2-3,5,7-11H,4,6H2,1H3,(H,18,19). The minimum Gasteiger partial charge on any atom is -0.384 e. The van der Waals surface area contributed by atoms with Crippen LogP contribution in [0.3, 0.4) is 0 Å². The van der Waals surface area contributed by atoms with Gasteiger partial charge < -0.3 is 5.32 Å². The first-order valence-electron chi connectivity index (χ1n) is 7.54. The normalized spacial score (nSPS) is 16.4. The summed E-state index contributed by atoms with van der Waals surface area (Å²) in [4.78, 5) is 23.1. The van der Waals surface area contributed by atoms with Crippen molar-refractivity contribution in [1.29, 1.82) is 0 Å². The molecule has 8 heteroatoms. The second-order valence-electron chi connectivity index (χ2n) is 5.64. The Kier molecular flexibility index (Phi) is 4.44. The van der Waals surface area contributed by atoms with Crippen molar-refractivity contribution in [2.75, 3.05) is 11.9 Å². The number of anilines is 1. The number of aromatic nitrogens is 1. The molecular weight excluding hydrogens is 330 g/mol. The first kappa shape index (κ1) is 16.3. The molecule has 1 unspecified atom stereocenters. The summed E-state index contributed by atoms with van der Waals surface area (Å²) < 4.78 is 0. The summed E-state index contributed by atoms with van der Waals surface area (Å²) in [6, 6.07) is 7.38. The van der Waals surface area contributed by atoms with E-state index in [0.29, 0.717) is 18.0 Å². The molecule has 1 aliphatic heterocycles. The highest BCUT2D eigenvalue weighted by atomic mass is 35.5. The Morgan fingerprint density at radius 2 is 2.08 bits per heavy atom. The van der Waals surface area contributed by atoms with E-state index in [0.717, 1.165) is 16.6 Å². The third-order valence-corrected chi connectivity index (χ3v) is 4.36. The second-order valence-corrected chi connectivity index (χ2v) is 6.07. The lowest BCUT2D eigenvalue weighted by Gasteiger charge is -2.21. The molecule has 1 aromatic carbocycles. The van der Waals surface area contributed by atoms with Crippen LogP contribution in [0.25, 0.3) is 10.9 Å². The SMILES string of the molecule is CC(CCNc1ccnc2cc(Cl)ccc12)C1([N+](=O)[O-])N=CC=N1. The van der Waals surface area contributed by atoms with Gasteiger partial charge >= 0.3 is 5.79 Å². The number of fused-ring (bicyclic) bond motifs is 1. The number of nitrogens with zero attached hydrogens (tertiary/aromatic N) is 4. The number of benzene rings is 1. The molecule has 1 aromatic heterocycles. The van der Waals surface area contributed by atoms with Crippen LogP contribution in [0.15, 0.2) is 40.4 Å². The summed E-state index contributed by atoms with van der Waals surface area (Å²) in [5.74, 6) is -1.92. The third kappa shape index (κ3) is 2.94. The number of hydrogen-bond donors (Lipinski definition) is 1. The Morgan fingerprint density at radius 3 is 2.79 bits per heavy atom. The highest BCUT2D eigenvalue weighted by molar-refractivity contribution is 6.31. The molecule has 7 nitrogen and oxygen atoms in total. The molecule has 0 aliphatic carbocycles. The van der Waals surface area contributed by atoms with Gasteiger partial charge in [-0.3, -0.25) is 15.1 Å². The van der Waals surface area contributed by atoms with Gasteiger partial charge in [0.05, 0.1) is 16.4 Å². The van der Waals surface area contributed by atoms with E-state index >= 15 is 0 Å². The molecule has 1 aliphatic rings. The number of aliphatic imine (C=N–C) groups is 2. The van der Waals surface area contributed by atoms with Crippen molar-refractivity contribution in [1.82, 2.24) is 4.98 Å². The van der Waals surface area contributed by atoms with Crippen LogP contribution in [0.5, 0.6) is 0 Å². The van der Waals surface area contributed by atoms with Crippen molar-refractivity contribution in [2.45, 2.75) is 19.1 Å². The maximum absolute atomic E-state index is 11.3. The van der Waals surface area contributed by atoms with Crippen LogP contribution < -0.4 is 5.32 Å². The zero-order valence-electron chi connectivity index (χ0n) is 13.0. The molecule has 1 N–H and O–H groups in total. The fourth-order valence-electron chi connectivity index (χ4n) is 2.74. The van der Waals surface area contributed by atoms with E-state index < -0.39 is 10.7 Å². The number of pyridine rings is 1. The van der Waals surface area contributed by atoms with E-state index in [2.05, 4.69) is 20.3 Å². The van der Waals surface area contributed by atoms with Crippen LogP contribution >= 0.6 is 11.6 Å². The lowest BCUT2D eigenvalue weighted by Crippen LogP contribution is -2.40. The summed E-state index contributed by atoms with van der Waals surface area (Å²) in [6.45, 7) is 2.35. The lowest BCUT2D eigenvalue weighted by molar-refractivity contribution is -0.575. The Morgan fingerprint density at radius 1 is 1.33 bits per heavy atom. The molecule has 0 spiro atoms. The minimum atomic E-state index is -1.59. The van der Waals surface area contributed by atoms with Crippen LogP contribution in [-0.2, 0) is 0 Å². The third-order valence-electron chi connectivity index (χ3n) is 4.12. The van der Waals surface area contributed by atoms with E-state index in [9.17, 15) is 10.1 Å². The predicted octanol–water partition coefficient (Wildman–Crippen LogP) is 3.41. The first-order chi connectivity index (χ1) is 11.5. The maximum atomic E-state index is 11.3. The zero-order chi connectivity index (χ0) is 17.2. The molecule has 2 heterocycles. The van der Waals surface area contributed by atoms with Gasteiger partial charge in [0.15, 0.2) is 0 Å². The summed E-state index contributed by atoms with van der Waals surface area (Å²) in [5, 5.41) is 16.2. The van der Waals surface area contributed by atoms with Crippen LogP contribution in [0, 0.1) is 16.0 Å². The Hall–Kier alpha value is -2.54. The van der Waals surface area contributed by atoms with E-state index in [-0.39, 0.29) is 5.92 Å². The summed E-state index contributed by atoms with van der Waals surface area (Å²) >= 11 is 5.98. The second kappa shape index (κ2) is 6.52. The number of rotatable bonds is 6. The number of nitro groups is 1. The smallest absolute Gasteiger partial charge is 0.384 e. The fourth-order valence-corrected chi connectivity index (χ4v) is 2.91. The van der Waals surface area contributed by atoms with Gasteiger partial charge in [-0.1, -0.05) is 18.5 Å². The molecule has 0 fully saturated rings. The highest BCUT2D eigenvalue weighted by Gasteiger charge is 2.48. The molecule has 3 rings (SSSR count). The molecule has 24 heavy (non-hydrogen) atoms. The monoisotopic (exact) mass is 345 g/mol. The minimum absolute atomic E-state index is 0.336. The van der Waals surface area contributed by atoms with Crippen LogP contribution in [0.2, 0.25) is 5.02 Å². The van der Waals surface area contributed by atoms with E-state index in [1.807, 2.05) is 18.2 Å². The molecule has 124 valence electrons. The van der Waals surface area contributed by atoms with E-state index in [1.54, 1.807) is 19.2 Å². The lowest BCUT2D eigenvalue weighted by atomic mass is 10.00. The van der Waals surface area contributed by atoms with Gasteiger partial charge in [-0.15, -0.1) is 0 Å². The highest BCUT2D eigenvalue weighted by Crippen LogP contribution is 2.30. The van der Waals surface area contributed by atoms with Crippen LogP contribution in [0.1, 0.15) is 13.3 Å². The molecule has 0 radical (unpaired) electrons. The number of hydrogen-bond acceptors (Lipinski definition) is 6. The van der Waals surface area contributed by atoms with E-state index in [1.165, 1.54) is 12.4 Å². The molecular formula is C16H16ClN5O2. The summed E-state index contributed by atoms with van der Waals surface area (Å²) in [7, 11) is 0. The van der Waals surface area contributed by atoms with Gasteiger partial charge in [0.25, 0.3) is 0 Å². The quantitative estimate of drug-likeness (QED) is 0.641. The van der Waals surface area contributed by atoms with Gasteiger partial charge in [0, 0.05) is 41.3 Å². The largest absolute Gasteiger partial charge is 0.414 e. The molecule has 0 saturated carbocycles. The number of halogens is 1. The van der Waals surface area contributed by atoms with E-state index in [4.69, 9.17) is 11.6 Å². The average Bonchev–Trinajstić information content (AvgIpc) is 3.05. The molecule has 1 atom stereocenters. The Labute approximate surface area is 143 Å². The average molecular weight is 346 g/mol. The van der Waals surface area contributed by atoms with Gasteiger partial charge in [0.1, 0.15) is 0 Å². The predicted molar refractivity (Wildman–Crippen MR) is 95.7 cm³/mol. The van der Waals surface area contributed by atoms with Crippen molar-refractivity contribution in [3.05, 3.63) is 45.6 Å². The Bertz CT molecular complexity index is 824. The molecule has 0 saturated heterocycles. The van der Waals surface area contributed by atoms with Gasteiger partial charge in [-0.25, -0.2) is 0 Å². The first-order valence-corrected chi connectivity index (χ1v) is 7.92. The summed E-state index contributed by atoms with van der Waals surface area (Å²) in [5.41, 5.74) is 1.71. The van der Waals surface area contributed by atoms with Crippen molar-refractivity contribution in [3.63, 3.8) is 0 Å². The molecule has 0 bridgehead atoms. The Balaban J connectivity index is 1.70. The van der Waals surface area contributed by atoms with Crippen LogP contribution in [0.4, 0.5) is 5.69 Å². The molecule has 2 aromatic rings. The van der Waals surface area contributed by atoms with Crippen molar-refractivity contribution in [2.24, 2.45) is 15.9 Å². The van der Waals surface area contributed by atoms with Crippen LogP contribution in [-0.4, -0.2) is 34.7 Å².